The van der Waals surface area contributed by atoms with E-state index < -0.39 is 0 Å². The summed E-state index contributed by atoms with van der Waals surface area (Å²) >= 11 is 0. The lowest BCUT2D eigenvalue weighted by Crippen LogP contribution is -2.51. The predicted molar refractivity (Wildman–Crippen MR) is 129 cm³/mol. The molecule has 0 atom stereocenters. The van der Waals surface area contributed by atoms with Crippen molar-refractivity contribution in [3.63, 3.8) is 0 Å². The zero-order chi connectivity index (χ0) is 19.0. The van der Waals surface area contributed by atoms with Gasteiger partial charge in [-0.05, 0) is 62.9 Å². The zero-order valence-electron chi connectivity index (χ0n) is 18.3. The monoisotopic (exact) mass is 506 g/mol. The first-order valence-corrected chi connectivity index (χ1v) is 11.4. The summed E-state index contributed by atoms with van der Waals surface area (Å²) in [5, 5.41) is 3.74. The average molecular weight is 507 g/mol. The number of hydrogen-bond donors (Lipinski definition) is 1. The fraction of sp³-hybridized carbons (Fsp3) is 0.955. The highest BCUT2D eigenvalue weighted by Gasteiger charge is 2.36. The van der Waals surface area contributed by atoms with Gasteiger partial charge in [-0.25, -0.2) is 0 Å². The molecule has 2 aliphatic heterocycles. The smallest absolute Gasteiger partial charge is 0.193 e. The van der Waals surface area contributed by atoms with E-state index in [0.717, 1.165) is 31.6 Å². The number of guanidine groups is 1. The normalized spacial score (nSPS) is 24.6. The van der Waals surface area contributed by atoms with Crippen molar-refractivity contribution < 1.29 is 4.74 Å². The van der Waals surface area contributed by atoms with Crippen LogP contribution in [-0.4, -0.2) is 75.8 Å². The number of aliphatic imine (C=N–C) groups is 1. The Bertz CT molecular complexity index is 457. The van der Waals surface area contributed by atoms with Crippen molar-refractivity contribution in [2.45, 2.75) is 64.2 Å². The summed E-state index contributed by atoms with van der Waals surface area (Å²) in [5.74, 6) is 1.93. The van der Waals surface area contributed by atoms with Crippen molar-refractivity contribution >= 4 is 29.9 Å². The SMILES string of the molecule is CN=C(NCC1CCN(CCOC)CC1)N1CCCC2(CCCCCC2)C1.I. The van der Waals surface area contributed by atoms with Gasteiger partial charge in [0.1, 0.15) is 0 Å². The first-order chi connectivity index (χ1) is 13.2. The van der Waals surface area contributed by atoms with Crippen molar-refractivity contribution in [3.05, 3.63) is 0 Å². The van der Waals surface area contributed by atoms with Crippen molar-refractivity contribution in [1.29, 1.82) is 0 Å². The number of halogens is 1. The number of rotatable bonds is 5. The molecular formula is C22H43IN4O. The molecule has 2 heterocycles. The molecule has 164 valence electrons. The van der Waals surface area contributed by atoms with Gasteiger partial charge in [0.05, 0.1) is 6.61 Å². The Balaban J connectivity index is 0.00000280. The predicted octanol–water partition coefficient (Wildman–Crippen LogP) is 3.97. The molecule has 1 spiro atoms. The summed E-state index contributed by atoms with van der Waals surface area (Å²) in [6.45, 7) is 7.83. The van der Waals surface area contributed by atoms with E-state index in [4.69, 9.17) is 4.74 Å². The fourth-order valence-electron chi connectivity index (χ4n) is 5.48. The van der Waals surface area contributed by atoms with Crippen LogP contribution in [0.3, 0.4) is 0 Å². The second kappa shape index (κ2) is 12.6. The van der Waals surface area contributed by atoms with Crippen LogP contribution in [0.1, 0.15) is 64.2 Å². The number of nitrogens with one attached hydrogen (secondary N) is 1. The van der Waals surface area contributed by atoms with Gasteiger partial charge in [0.25, 0.3) is 0 Å². The van der Waals surface area contributed by atoms with Crippen LogP contribution in [0.15, 0.2) is 4.99 Å². The van der Waals surface area contributed by atoms with E-state index in [0.29, 0.717) is 5.41 Å². The van der Waals surface area contributed by atoms with Crippen LogP contribution >= 0.6 is 24.0 Å². The molecule has 6 heteroatoms. The third kappa shape index (κ3) is 7.01. The Morgan fingerprint density at radius 3 is 2.36 bits per heavy atom. The molecule has 0 amide bonds. The van der Waals surface area contributed by atoms with E-state index in [-0.39, 0.29) is 24.0 Å². The van der Waals surface area contributed by atoms with Gasteiger partial charge in [-0.15, -0.1) is 24.0 Å². The summed E-state index contributed by atoms with van der Waals surface area (Å²) in [4.78, 5) is 9.77. The van der Waals surface area contributed by atoms with Crippen LogP contribution in [0.4, 0.5) is 0 Å². The van der Waals surface area contributed by atoms with Crippen molar-refractivity contribution in [2.75, 3.05) is 60.0 Å². The van der Waals surface area contributed by atoms with E-state index in [1.807, 2.05) is 7.05 Å². The minimum absolute atomic E-state index is 0. The first-order valence-electron chi connectivity index (χ1n) is 11.4. The molecule has 0 bridgehead atoms. The third-order valence-corrected chi connectivity index (χ3v) is 7.20. The van der Waals surface area contributed by atoms with E-state index >= 15 is 0 Å². The second-order valence-electron chi connectivity index (χ2n) is 9.15. The molecule has 3 aliphatic rings. The molecule has 1 aliphatic carbocycles. The van der Waals surface area contributed by atoms with Gasteiger partial charge in [-0.2, -0.15) is 0 Å². The number of likely N-dealkylation sites (tertiary alicyclic amines) is 2. The van der Waals surface area contributed by atoms with Crippen LogP contribution in [0.2, 0.25) is 0 Å². The summed E-state index contributed by atoms with van der Waals surface area (Å²) < 4.78 is 5.21. The number of ether oxygens (including phenoxy) is 1. The topological polar surface area (TPSA) is 40.1 Å². The maximum absolute atomic E-state index is 5.21. The van der Waals surface area contributed by atoms with Crippen LogP contribution in [0.25, 0.3) is 0 Å². The number of piperidine rings is 2. The summed E-state index contributed by atoms with van der Waals surface area (Å²) in [6, 6.07) is 0. The lowest BCUT2D eigenvalue weighted by Gasteiger charge is -2.44. The van der Waals surface area contributed by atoms with Gasteiger partial charge in [-0.1, -0.05) is 25.7 Å². The molecule has 1 saturated carbocycles. The van der Waals surface area contributed by atoms with Gasteiger partial charge >= 0.3 is 0 Å². The number of nitrogens with zero attached hydrogens (tertiary/aromatic N) is 3. The molecule has 0 radical (unpaired) electrons. The molecular weight excluding hydrogens is 463 g/mol. The lowest BCUT2D eigenvalue weighted by molar-refractivity contribution is 0.112. The van der Waals surface area contributed by atoms with Crippen LogP contribution in [0.5, 0.6) is 0 Å². The van der Waals surface area contributed by atoms with E-state index in [2.05, 4.69) is 20.1 Å². The Labute approximate surface area is 190 Å². The Morgan fingerprint density at radius 1 is 1.04 bits per heavy atom. The van der Waals surface area contributed by atoms with Crippen LogP contribution in [-0.2, 0) is 4.74 Å². The van der Waals surface area contributed by atoms with E-state index in [1.54, 1.807) is 7.11 Å². The molecule has 2 saturated heterocycles. The maximum Gasteiger partial charge on any atom is 0.193 e. The van der Waals surface area contributed by atoms with Crippen molar-refractivity contribution in [3.8, 4) is 0 Å². The highest BCUT2D eigenvalue weighted by Crippen LogP contribution is 2.42. The Hall–Kier alpha value is -0.0800. The van der Waals surface area contributed by atoms with E-state index in [9.17, 15) is 0 Å². The van der Waals surface area contributed by atoms with Gasteiger partial charge in [0.2, 0.25) is 0 Å². The first kappa shape index (κ1) is 24.2. The van der Waals surface area contributed by atoms with Gasteiger partial charge < -0.3 is 19.9 Å². The molecule has 3 fully saturated rings. The zero-order valence-corrected chi connectivity index (χ0v) is 20.6. The number of hydrogen-bond acceptors (Lipinski definition) is 3. The lowest BCUT2D eigenvalue weighted by atomic mass is 9.74. The molecule has 0 aromatic heterocycles. The van der Waals surface area contributed by atoms with Gasteiger partial charge in [0.15, 0.2) is 5.96 Å². The minimum atomic E-state index is 0. The van der Waals surface area contributed by atoms with Crippen molar-refractivity contribution in [1.82, 2.24) is 15.1 Å². The fourth-order valence-corrected chi connectivity index (χ4v) is 5.48. The molecule has 0 aromatic carbocycles. The summed E-state index contributed by atoms with van der Waals surface area (Å²) in [5.41, 5.74) is 0.569. The number of methoxy groups -OCH3 is 1. The second-order valence-corrected chi connectivity index (χ2v) is 9.15. The molecule has 0 unspecified atom stereocenters. The molecule has 28 heavy (non-hydrogen) atoms. The van der Waals surface area contributed by atoms with Crippen molar-refractivity contribution in [2.24, 2.45) is 16.3 Å². The van der Waals surface area contributed by atoms with Crippen LogP contribution in [0, 0.1) is 11.3 Å². The highest BCUT2D eigenvalue weighted by atomic mass is 127. The largest absolute Gasteiger partial charge is 0.383 e. The minimum Gasteiger partial charge on any atom is -0.383 e. The Morgan fingerprint density at radius 2 is 1.71 bits per heavy atom. The highest BCUT2D eigenvalue weighted by molar-refractivity contribution is 14.0. The van der Waals surface area contributed by atoms with Gasteiger partial charge in [0, 0.05) is 40.3 Å². The molecule has 0 aromatic rings. The summed E-state index contributed by atoms with van der Waals surface area (Å²) in [6.07, 6.45) is 14.0. The molecule has 5 nitrogen and oxygen atoms in total. The Kier molecular flexibility index (Phi) is 10.9. The molecule has 3 rings (SSSR count). The quantitative estimate of drug-likeness (QED) is 0.348. The van der Waals surface area contributed by atoms with Crippen LogP contribution < -0.4 is 5.32 Å². The standard InChI is InChI=1S/C22H42N4O.HI/c1-23-21(24-18-20-8-14-25(15-9-20)16-17-27-2)26-13-7-12-22(19-26)10-5-3-4-6-11-22;/h20H,3-19H2,1-2H3,(H,23,24);1H. The average Bonchev–Trinajstić information content (AvgIpc) is 2.93. The maximum atomic E-state index is 5.21. The summed E-state index contributed by atoms with van der Waals surface area (Å²) in [7, 11) is 3.76. The molecule has 1 N–H and O–H groups in total. The van der Waals surface area contributed by atoms with Gasteiger partial charge in [-0.3, -0.25) is 4.99 Å². The van der Waals surface area contributed by atoms with E-state index in [1.165, 1.54) is 90.4 Å². The third-order valence-electron chi connectivity index (χ3n) is 7.20.